The molecule has 0 bridgehead atoms. The van der Waals surface area contributed by atoms with E-state index in [-0.39, 0.29) is 16.0 Å². The van der Waals surface area contributed by atoms with Crippen molar-refractivity contribution in [2.45, 2.75) is 117 Å². The summed E-state index contributed by atoms with van der Waals surface area (Å²) in [6.07, 6.45) is 5.76. The molecule has 2 aromatic carbocycles. The highest BCUT2D eigenvalue weighted by Gasteiger charge is 2.37. The SMILES string of the molecule is CCCCCC(CC)(Pc1c(C)cccc1CN(C)C)c1cc(C(C)(C)C)cc(C(C)(C)C)c1O. The predicted molar refractivity (Wildman–Crippen MR) is 158 cm³/mol. The average molecular weight is 498 g/mol. The van der Waals surface area contributed by atoms with E-state index in [1.54, 1.807) is 0 Å². The number of hydrogen-bond acceptors (Lipinski definition) is 2. The van der Waals surface area contributed by atoms with Crippen LogP contribution in [0.3, 0.4) is 0 Å². The number of hydrogen-bond donors (Lipinski definition) is 1. The highest BCUT2D eigenvalue weighted by Crippen LogP contribution is 2.54. The highest BCUT2D eigenvalue weighted by molar-refractivity contribution is 7.48. The molecule has 0 heterocycles. The molecule has 0 aliphatic rings. The van der Waals surface area contributed by atoms with E-state index in [0.29, 0.717) is 14.3 Å². The van der Waals surface area contributed by atoms with Crippen LogP contribution in [0.4, 0.5) is 0 Å². The van der Waals surface area contributed by atoms with Crippen molar-refractivity contribution in [2.75, 3.05) is 14.1 Å². The van der Waals surface area contributed by atoms with E-state index in [1.807, 2.05) is 0 Å². The van der Waals surface area contributed by atoms with E-state index in [9.17, 15) is 5.11 Å². The Kier molecular flexibility index (Phi) is 10.1. The molecular weight excluding hydrogens is 445 g/mol. The molecule has 0 saturated heterocycles. The summed E-state index contributed by atoms with van der Waals surface area (Å²) in [5, 5.41) is 13.3. The molecule has 0 spiro atoms. The van der Waals surface area contributed by atoms with Crippen LogP contribution in [0.2, 0.25) is 0 Å². The first-order chi connectivity index (χ1) is 16.2. The third-order valence-corrected chi connectivity index (χ3v) is 9.64. The summed E-state index contributed by atoms with van der Waals surface area (Å²) in [5.41, 5.74) is 6.27. The van der Waals surface area contributed by atoms with Crippen molar-refractivity contribution >= 4 is 13.9 Å². The number of aromatic hydroxyl groups is 1. The van der Waals surface area contributed by atoms with E-state index in [2.05, 4.69) is 112 Å². The molecule has 0 aliphatic heterocycles. The minimum atomic E-state index is -0.120. The minimum absolute atomic E-state index is 0.0210. The van der Waals surface area contributed by atoms with Gasteiger partial charge in [0, 0.05) is 17.3 Å². The Labute approximate surface area is 218 Å². The molecule has 2 atom stereocenters. The summed E-state index contributed by atoms with van der Waals surface area (Å²) in [7, 11) is 4.92. The Morgan fingerprint density at radius 1 is 0.886 bits per heavy atom. The second kappa shape index (κ2) is 11.8. The fourth-order valence-corrected chi connectivity index (χ4v) is 6.91. The number of benzene rings is 2. The minimum Gasteiger partial charge on any atom is -0.507 e. The first-order valence-electron chi connectivity index (χ1n) is 13.6. The molecule has 196 valence electrons. The van der Waals surface area contributed by atoms with E-state index in [1.165, 1.54) is 46.8 Å². The number of unbranched alkanes of at least 4 members (excludes halogenated alkanes) is 2. The van der Waals surface area contributed by atoms with Crippen LogP contribution in [0.15, 0.2) is 30.3 Å². The van der Waals surface area contributed by atoms with Crippen molar-refractivity contribution in [3.05, 3.63) is 58.1 Å². The van der Waals surface area contributed by atoms with Gasteiger partial charge in [0.15, 0.2) is 0 Å². The topological polar surface area (TPSA) is 23.5 Å². The lowest BCUT2D eigenvalue weighted by molar-refractivity contribution is 0.403. The molecule has 0 radical (unpaired) electrons. The van der Waals surface area contributed by atoms with Crippen LogP contribution in [0.1, 0.15) is 115 Å². The standard InChI is InChI=1S/C32H52NOP/c1-12-14-15-19-32(13-2,35-29-23(3)17-16-18-24(29)22-33(10)11)27-21-25(30(4,5)6)20-26(28(27)34)31(7,8)9/h16-18,20-21,34-35H,12-15,19,22H2,1-11H3. The Hall–Kier alpha value is -1.37. The van der Waals surface area contributed by atoms with Crippen LogP contribution in [0.25, 0.3) is 0 Å². The Morgan fingerprint density at radius 2 is 1.51 bits per heavy atom. The number of rotatable bonds is 10. The molecule has 0 amide bonds. The van der Waals surface area contributed by atoms with Gasteiger partial charge in [-0.3, -0.25) is 0 Å². The quantitative estimate of drug-likeness (QED) is 0.262. The van der Waals surface area contributed by atoms with Crippen molar-refractivity contribution in [3.63, 3.8) is 0 Å². The fourth-order valence-electron chi connectivity index (χ4n) is 5.02. The van der Waals surface area contributed by atoms with E-state index < -0.39 is 0 Å². The molecule has 0 aliphatic carbocycles. The Balaban J connectivity index is 2.84. The summed E-state index contributed by atoms with van der Waals surface area (Å²) < 4.78 is 0. The molecule has 2 aromatic rings. The van der Waals surface area contributed by atoms with Crippen LogP contribution in [0, 0.1) is 6.92 Å². The maximum atomic E-state index is 11.9. The molecule has 2 rings (SSSR count). The molecule has 3 heteroatoms. The molecule has 2 unspecified atom stereocenters. The molecule has 1 N–H and O–H groups in total. The number of aryl methyl sites for hydroxylation is 1. The van der Waals surface area contributed by atoms with Gasteiger partial charge in [-0.15, -0.1) is 0 Å². The lowest BCUT2D eigenvalue weighted by Gasteiger charge is -2.38. The van der Waals surface area contributed by atoms with Crippen LogP contribution >= 0.6 is 8.58 Å². The van der Waals surface area contributed by atoms with Crippen LogP contribution < -0.4 is 5.30 Å². The third kappa shape index (κ3) is 7.33. The zero-order valence-corrected chi connectivity index (χ0v) is 25.5. The van der Waals surface area contributed by atoms with Crippen LogP contribution in [0.5, 0.6) is 5.75 Å². The monoisotopic (exact) mass is 497 g/mol. The number of phenolic OH excluding ortho intramolecular Hbond substituents is 1. The summed E-state index contributed by atoms with van der Waals surface area (Å²) in [6.45, 7) is 21.4. The first kappa shape index (κ1) is 29.9. The lowest BCUT2D eigenvalue weighted by atomic mass is 9.76. The van der Waals surface area contributed by atoms with E-state index >= 15 is 0 Å². The molecule has 0 fully saturated rings. The van der Waals surface area contributed by atoms with E-state index in [4.69, 9.17) is 0 Å². The summed E-state index contributed by atoms with van der Waals surface area (Å²) in [6, 6.07) is 11.4. The van der Waals surface area contributed by atoms with Gasteiger partial charge in [0.05, 0.1) is 0 Å². The Bertz CT molecular complexity index is 980. The fraction of sp³-hybridized carbons (Fsp3) is 0.625. The van der Waals surface area contributed by atoms with Crippen molar-refractivity contribution in [2.24, 2.45) is 0 Å². The summed E-state index contributed by atoms with van der Waals surface area (Å²) in [5.74, 6) is 0.527. The molecule has 2 nitrogen and oxygen atoms in total. The third-order valence-electron chi connectivity index (χ3n) is 7.32. The second-order valence-corrected chi connectivity index (χ2v) is 14.5. The maximum absolute atomic E-state index is 11.9. The normalized spacial score (nSPS) is 14.7. The van der Waals surface area contributed by atoms with Gasteiger partial charge >= 0.3 is 0 Å². The zero-order chi connectivity index (χ0) is 26.6. The largest absolute Gasteiger partial charge is 0.507 e. The Morgan fingerprint density at radius 3 is 2.03 bits per heavy atom. The van der Waals surface area contributed by atoms with Gasteiger partial charge in [0.25, 0.3) is 0 Å². The van der Waals surface area contributed by atoms with Crippen LogP contribution in [-0.4, -0.2) is 24.1 Å². The zero-order valence-electron chi connectivity index (χ0n) is 24.5. The van der Waals surface area contributed by atoms with Gasteiger partial charge < -0.3 is 10.0 Å². The molecular formula is C32H52NOP. The lowest BCUT2D eigenvalue weighted by Crippen LogP contribution is -2.28. The highest BCUT2D eigenvalue weighted by atomic mass is 31.1. The van der Waals surface area contributed by atoms with E-state index in [0.717, 1.165) is 24.9 Å². The van der Waals surface area contributed by atoms with Crippen molar-refractivity contribution in [1.29, 1.82) is 0 Å². The van der Waals surface area contributed by atoms with Gasteiger partial charge in [0.2, 0.25) is 0 Å². The molecule has 35 heavy (non-hydrogen) atoms. The number of phenols is 1. The second-order valence-electron chi connectivity index (χ2n) is 12.8. The van der Waals surface area contributed by atoms with Gasteiger partial charge in [-0.25, -0.2) is 0 Å². The summed E-state index contributed by atoms with van der Waals surface area (Å²) >= 11 is 0. The smallest absolute Gasteiger partial charge is 0.123 e. The summed E-state index contributed by atoms with van der Waals surface area (Å²) in [4.78, 5) is 2.27. The van der Waals surface area contributed by atoms with Gasteiger partial charge in [0.1, 0.15) is 5.75 Å². The number of nitrogens with zero attached hydrogens (tertiary/aromatic N) is 1. The van der Waals surface area contributed by atoms with Gasteiger partial charge in [-0.2, -0.15) is 0 Å². The average Bonchev–Trinajstić information content (AvgIpc) is 2.73. The van der Waals surface area contributed by atoms with Gasteiger partial charge in [-0.1, -0.05) is 114 Å². The van der Waals surface area contributed by atoms with Crippen molar-refractivity contribution in [3.8, 4) is 5.75 Å². The first-order valence-corrected chi connectivity index (χ1v) is 14.6. The van der Waals surface area contributed by atoms with Crippen molar-refractivity contribution in [1.82, 2.24) is 4.90 Å². The predicted octanol–water partition coefficient (Wildman–Crippen LogP) is 8.55. The van der Waals surface area contributed by atoms with Crippen LogP contribution in [-0.2, 0) is 22.5 Å². The molecule has 0 saturated carbocycles. The molecule has 0 aromatic heterocycles. The van der Waals surface area contributed by atoms with Gasteiger partial charge in [-0.05, 0) is 72.2 Å². The van der Waals surface area contributed by atoms with Crippen molar-refractivity contribution < 1.29 is 5.11 Å². The maximum Gasteiger partial charge on any atom is 0.123 e.